The molecule has 0 saturated heterocycles. The Morgan fingerprint density at radius 3 is 2.42 bits per heavy atom. The average molecular weight is 558 g/mol. The monoisotopic (exact) mass is 557 g/mol. The van der Waals surface area contributed by atoms with Crippen LogP contribution in [0.2, 0.25) is 0 Å². The van der Waals surface area contributed by atoms with Gasteiger partial charge >= 0.3 is 5.97 Å². The van der Waals surface area contributed by atoms with Gasteiger partial charge in [0.15, 0.2) is 16.3 Å². The first-order valence-corrected chi connectivity index (χ1v) is 14.0. The third-order valence-corrected chi connectivity index (χ3v) is 8.51. The first-order valence-electron chi connectivity index (χ1n) is 11.8. The van der Waals surface area contributed by atoms with E-state index < -0.39 is 15.9 Å². The molecule has 2 aromatic carbocycles. The van der Waals surface area contributed by atoms with Crippen molar-refractivity contribution in [2.75, 3.05) is 26.5 Å². The van der Waals surface area contributed by atoms with Gasteiger partial charge in [-0.1, -0.05) is 23.5 Å². The van der Waals surface area contributed by atoms with Crippen LogP contribution < -0.4 is 14.3 Å². The van der Waals surface area contributed by atoms with Crippen LogP contribution in [0.4, 0.5) is 0 Å². The molecule has 12 heteroatoms. The molecular formula is C26H27N3O7S2. The first-order chi connectivity index (χ1) is 18.3. The Hall–Kier alpha value is -3.74. The van der Waals surface area contributed by atoms with Gasteiger partial charge in [0.25, 0.3) is 5.91 Å². The molecule has 3 aromatic rings. The minimum Gasteiger partial charge on any atom is -0.466 e. The number of aryl methyl sites for hydroxylation is 1. The number of sulfonamides is 1. The zero-order chi connectivity index (χ0) is 27.3. The molecule has 1 amide bonds. The van der Waals surface area contributed by atoms with E-state index in [2.05, 4.69) is 18.2 Å². The number of carbonyl (C=O) groups is 2. The lowest BCUT2D eigenvalue weighted by Crippen LogP contribution is -2.31. The molecule has 0 aliphatic carbocycles. The van der Waals surface area contributed by atoms with E-state index in [0.29, 0.717) is 16.3 Å². The smallest absolute Gasteiger partial charge is 0.307 e. The van der Waals surface area contributed by atoms with Crippen molar-refractivity contribution >= 4 is 43.5 Å². The van der Waals surface area contributed by atoms with Gasteiger partial charge in [0.05, 0.1) is 28.1 Å². The summed E-state index contributed by atoms with van der Waals surface area (Å²) in [7, 11) is -3.80. The highest BCUT2D eigenvalue weighted by Gasteiger charge is 2.23. The van der Waals surface area contributed by atoms with Gasteiger partial charge in [-0.25, -0.2) is 8.42 Å². The first kappa shape index (κ1) is 27.3. The summed E-state index contributed by atoms with van der Waals surface area (Å²) in [6, 6.07) is 9.19. The Balaban J connectivity index is 1.67. The molecule has 0 N–H and O–H groups in total. The zero-order valence-electron chi connectivity index (χ0n) is 20.8. The predicted octanol–water partition coefficient (Wildman–Crippen LogP) is 3.49. The van der Waals surface area contributed by atoms with Gasteiger partial charge in [0.2, 0.25) is 16.8 Å². The standard InChI is InChI=1S/C26H27N3O7S2/c1-4-12-28(13-5-2)38(32,33)19-9-7-18(8-10-19)25(31)27-26-29(14-11-24(30)34-6-3)20-15-21-22(36-17-35-21)16-23(20)37-26/h4-5,7-10,15-16H,1-2,6,11-14,17H2,3H3. The molecule has 1 aliphatic heterocycles. The summed E-state index contributed by atoms with van der Waals surface area (Å²) in [4.78, 5) is 29.8. The molecule has 0 bridgehead atoms. The maximum Gasteiger partial charge on any atom is 0.307 e. The lowest BCUT2D eigenvalue weighted by Gasteiger charge is -2.19. The highest BCUT2D eigenvalue weighted by molar-refractivity contribution is 7.89. The fraction of sp³-hybridized carbons (Fsp3) is 0.269. The van der Waals surface area contributed by atoms with Crippen LogP contribution in [0.1, 0.15) is 23.7 Å². The zero-order valence-corrected chi connectivity index (χ0v) is 22.4. The molecule has 38 heavy (non-hydrogen) atoms. The second kappa shape index (κ2) is 11.8. The fourth-order valence-electron chi connectivity index (χ4n) is 3.83. The van der Waals surface area contributed by atoms with Crippen molar-refractivity contribution in [1.82, 2.24) is 8.87 Å². The molecule has 0 fully saturated rings. The Labute approximate surface area is 224 Å². The quantitative estimate of drug-likeness (QED) is 0.262. The Morgan fingerprint density at radius 2 is 1.79 bits per heavy atom. The molecule has 0 radical (unpaired) electrons. The molecule has 1 aromatic heterocycles. The Bertz CT molecular complexity index is 1540. The van der Waals surface area contributed by atoms with E-state index in [-0.39, 0.29) is 55.9 Å². The topological polar surface area (TPSA) is 117 Å². The third-order valence-electron chi connectivity index (χ3n) is 5.62. The van der Waals surface area contributed by atoms with E-state index in [9.17, 15) is 18.0 Å². The van der Waals surface area contributed by atoms with E-state index in [1.54, 1.807) is 17.6 Å². The van der Waals surface area contributed by atoms with Crippen LogP contribution >= 0.6 is 11.3 Å². The number of thiazole rings is 1. The van der Waals surface area contributed by atoms with Gasteiger partial charge in [-0.3, -0.25) is 9.59 Å². The summed E-state index contributed by atoms with van der Waals surface area (Å²) in [5.74, 6) is 0.236. The molecule has 1 aliphatic rings. The summed E-state index contributed by atoms with van der Waals surface area (Å²) in [5.41, 5.74) is 0.951. The van der Waals surface area contributed by atoms with Crippen LogP contribution in [-0.4, -0.2) is 55.7 Å². The largest absolute Gasteiger partial charge is 0.466 e. The molecule has 0 spiro atoms. The van der Waals surface area contributed by atoms with E-state index in [4.69, 9.17) is 14.2 Å². The number of rotatable bonds is 11. The number of carbonyl (C=O) groups excluding carboxylic acids is 2. The number of fused-ring (bicyclic) bond motifs is 2. The number of hydrogen-bond acceptors (Lipinski definition) is 8. The second-order valence-electron chi connectivity index (χ2n) is 8.11. The van der Waals surface area contributed by atoms with Gasteiger partial charge < -0.3 is 18.8 Å². The average Bonchev–Trinajstić information content (AvgIpc) is 3.49. The summed E-state index contributed by atoms with van der Waals surface area (Å²) in [6.07, 6.45) is 3.08. The van der Waals surface area contributed by atoms with Crippen LogP contribution in [0.15, 0.2) is 71.6 Å². The van der Waals surface area contributed by atoms with Gasteiger partial charge in [-0.2, -0.15) is 9.30 Å². The molecule has 0 saturated carbocycles. The molecular weight excluding hydrogens is 530 g/mol. The van der Waals surface area contributed by atoms with Crippen molar-refractivity contribution < 1.29 is 32.2 Å². The third kappa shape index (κ3) is 5.72. The number of hydrogen-bond donors (Lipinski definition) is 0. The number of ether oxygens (including phenoxy) is 3. The summed E-state index contributed by atoms with van der Waals surface area (Å²) in [6.45, 7) is 9.82. The maximum absolute atomic E-state index is 13.1. The van der Waals surface area contributed by atoms with Crippen molar-refractivity contribution in [2.24, 2.45) is 4.99 Å². The second-order valence-corrected chi connectivity index (χ2v) is 11.1. The molecule has 200 valence electrons. The molecule has 2 heterocycles. The van der Waals surface area contributed by atoms with Gasteiger partial charge in [0, 0.05) is 37.3 Å². The van der Waals surface area contributed by atoms with Crippen LogP contribution in [0.3, 0.4) is 0 Å². The minimum atomic E-state index is -3.80. The van der Waals surface area contributed by atoms with Crippen LogP contribution in [0.5, 0.6) is 11.5 Å². The SMILES string of the molecule is C=CCN(CC=C)S(=O)(=O)c1ccc(C(=O)N=c2sc3cc4c(cc3n2CCC(=O)OCC)OCO4)cc1. The van der Waals surface area contributed by atoms with E-state index in [0.717, 1.165) is 10.2 Å². The minimum absolute atomic E-state index is 0.0404. The molecule has 10 nitrogen and oxygen atoms in total. The summed E-state index contributed by atoms with van der Waals surface area (Å²) < 4.78 is 45.7. The summed E-state index contributed by atoms with van der Waals surface area (Å²) in [5, 5.41) is 0. The van der Waals surface area contributed by atoms with E-state index in [1.807, 2.05) is 6.07 Å². The van der Waals surface area contributed by atoms with Gasteiger partial charge in [0.1, 0.15) is 0 Å². The molecule has 4 rings (SSSR count). The Morgan fingerprint density at radius 1 is 1.13 bits per heavy atom. The van der Waals surface area contributed by atoms with Crippen molar-refractivity contribution in [3.05, 3.63) is 72.1 Å². The number of benzene rings is 2. The predicted molar refractivity (Wildman–Crippen MR) is 143 cm³/mol. The highest BCUT2D eigenvalue weighted by Crippen LogP contribution is 2.37. The number of esters is 1. The van der Waals surface area contributed by atoms with Gasteiger partial charge in [-0.15, -0.1) is 13.2 Å². The summed E-state index contributed by atoms with van der Waals surface area (Å²) >= 11 is 1.27. The van der Waals surface area contributed by atoms with Crippen molar-refractivity contribution in [3.63, 3.8) is 0 Å². The maximum atomic E-state index is 13.1. The number of nitrogens with zero attached hydrogens (tertiary/aromatic N) is 3. The van der Waals surface area contributed by atoms with Crippen molar-refractivity contribution in [1.29, 1.82) is 0 Å². The van der Waals surface area contributed by atoms with Crippen molar-refractivity contribution in [3.8, 4) is 11.5 Å². The van der Waals surface area contributed by atoms with Crippen LogP contribution in [-0.2, 0) is 26.1 Å². The number of amides is 1. The highest BCUT2D eigenvalue weighted by atomic mass is 32.2. The molecule has 0 unspecified atom stereocenters. The van der Waals surface area contributed by atoms with E-state index >= 15 is 0 Å². The van der Waals surface area contributed by atoms with E-state index in [1.165, 1.54) is 52.1 Å². The van der Waals surface area contributed by atoms with Crippen LogP contribution in [0, 0.1) is 0 Å². The normalized spacial score (nSPS) is 13.2. The van der Waals surface area contributed by atoms with Crippen molar-refractivity contribution in [2.45, 2.75) is 24.8 Å². The lowest BCUT2D eigenvalue weighted by atomic mass is 10.2. The Kier molecular flexibility index (Phi) is 8.45. The number of aromatic nitrogens is 1. The fourth-order valence-corrected chi connectivity index (χ4v) is 6.27. The molecule has 0 atom stereocenters. The van der Waals surface area contributed by atoms with Gasteiger partial charge in [-0.05, 0) is 31.2 Å². The lowest BCUT2D eigenvalue weighted by molar-refractivity contribution is -0.143. The van der Waals surface area contributed by atoms with Crippen LogP contribution in [0.25, 0.3) is 10.2 Å².